The molecule has 0 spiro atoms. The Bertz CT molecular complexity index is 664. The van der Waals surface area contributed by atoms with Gasteiger partial charge >= 0.3 is 35.5 Å². The van der Waals surface area contributed by atoms with E-state index in [1.165, 1.54) is 12.1 Å². The Labute approximate surface area is 128 Å². The summed E-state index contributed by atoms with van der Waals surface area (Å²) in [5.74, 6) is -4.60. The second-order valence-corrected chi connectivity index (χ2v) is 3.51. The molecule has 19 heavy (non-hydrogen) atoms. The fraction of sp³-hybridized carbons (Fsp3) is 0. The third kappa shape index (κ3) is 3.14. The maximum Gasteiger partial charge on any atom is 1.00 e. The van der Waals surface area contributed by atoms with Crippen LogP contribution in [0.3, 0.4) is 0 Å². The summed E-state index contributed by atoms with van der Waals surface area (Å²) in [7, 11) is 0. The maximum atomic E-state index is 11.0. The summed E-state index contributed by atoms with van der Waals surface area (Å²) >= 11 is 0. The number of aromatic carboxylic acids is 1. The van der Waals surface area contributed by atoms with Gasteiger partial charge in [0, 0.05) is 17.1 Å². The fourth-order valence-corrected chi connectivity index (χ4v) is 1.55. The minimum absolute atomic E-state index is 0. The van der Waals surface area contributed by atoms with Crippen molar-refractivity contribution in [2.45, 2.75) is 0 Å². The monoisotopic (exact) mass is 270 g/mol. The van der Waals surface area contributed by atoms with Crippen LogP contribution in [0.4, 0.5) is 5.69 Å². The molecule has 0 aliphatic carbocycles. The van der Waals surface area contributed by atoms with Crippen LogP contribution in [-0.4, -0.2) is 27.9 Å². The molecular formula is C11H7N2NaO5. The number of benzene rings is 1. The molecule has 1 amide bonds. The van der Waals surface area contributed by atoms with Crippen molar-refractivity contribution in [1.82, 2.24) is 4.98 Å². The molecule has 0 atom stereocenters. The molecule has 0 saturated carbocycles. The van der Waals surface area contributed by atoms with Crippen molar-refractivity contribution in [3.05, 3.63) is 30.0 Å². The van der Waals surface area contributed by atoms with Gasteiger partial charge in [-0.15, -0.1) is 0 Å². The van der Waals surface area contributed by atoms with Crippen molar-refractivity contribution in [2.75, 3.05) is 5.32 Å². The molecule has 1 aromatic heterocycles. The number of aromatic amines is 1. The standard InChI is InChI=1S/C11H8N2O5.Na/c14-9(11(17)18)13-8-4-7-5(1-2-12-7)3-6(8)10(15)16;/h1-4,12H,(H,13,14)(H,15,16)(H,17,18);/q;+1/p-1. The average molecular weight is 270 g/mol. The summed E-state index contributed by atoms with van der Waals surface area (Å²) in [6.45, 7) is 0. The van der Waals surface area contributed by atoms with Gasteiger partial charge in [-0.05, 0) is 18.2 Å². The van der Waals surface area contributed by atoms with Crippen molar-refractivity contribution in [1.29, 1.82) is 0 Å². The summed E-state index contributed by atoms with van der Waals surface area (Å²) in [6.07, 6.45) is 1.60. The van der Waals surface area contributed by atoms with Gasteiger partial charge in [0.2, 0.25) is 0 Å². The molecule has 0 radical (unpaired) electrons. The van der Waals surface area contributed by atoms with Crippen molar-refractivity contribution < 1.29 is 54.2 Å². The third-order valence-corrected chi connectivity index (χ3v) is 2.36. The number of amides is 1. The Hall–Kier alpha value is -1.83. The molecule has 2 aromatic rings. The number of nitrogens with one attached hydrogen (secondary N) is 2. The number of carboxylic acid groups (broad SMARTS) is 2. The van der Waals surface area contributed by atoms with Crippen LogP contribution in [0.2, 0.25) is 0 Å². The quantitative estimate of drug-likeness (QED) is 0.387. The number of hydrogen-bond acceptors (Lipinski definition) is 4. The number of aromatic nitrogens is 1. The van der Waals surface area contributed by atoms with Gasteiger partial charge in [0.15, 0.2) is 0 Å². The Kier molecular flexibility index (Phi) is 4.71. The number of anilines is 1. The Morgan fingerprint density at radius 3 is 2.53 bits per heavy atom. The molecule has 3 N–H and O–H groups in total. The van der Waals surface area contributed by atoms with Crippen molar-refractivity contribution in [3.63, 3.8) is 0 Å². The van der Waals surface area contributed by atoms with Crippen LogP contribution in [0.25, 0.3) is 10.9 Å². The Morgan fingerprint density at radius 2 is 1.95 bits per heavy atom. The van der Waals surface area contributed by atoms with E-state index < -0.39 is 17.8 Å². The molecular weight excluding hydrogens is 263 g/mol. The van der Waals surface area contributed by atoms with Crippen LogP contribution >= 0.6 is 0 Å². The zero-order valence-electron chi connectivity index (χ0n) is 9.89. The molecule has 7 nitrogen and oxygen atoms in total. The van der Waals surface area contributed by atoms with Gasteiger partial charge in [-0.1, -0.05) is 0 Å². The molecule has 0 aliphatic heterocycles. The van der Waals surface area contributed by atoms with Crippen LogP contribution in [0.5, 0.6) is 0 Å². The predicted octanol–water partition coefficient (Wildman–Crippen LogP) is -3.44. The van der Waals surface area contributed by atoms with Gasteiger partial charge in [-0.2, -0.15) is 0 Å². The summed E-state index contributed by atoms with van der Waals surface area (Å²) in [5, 5.41) is 21.9. The van der Waals surface area contributed by atoms with Gasteiger partial charge in [-0.25, -0.2) is 4.79 Å². The summed E-state index contributed by atoms with van der Waals surface area (Å²) in [4.78, 5) is 35.1. The summed E-state index contributed by atoms with van der Waals surface area (Å²) in [6, 6.07) is 4.34. The first-order valence-corrected chi connectivity index (χ1v) is 4.86. The number of rotatable bonds is 2. The van der Waals surface area contributed by atoms with Gasteiger partial charge in [-0.3, -0.25) is 4.79 Å². The summed E-state index contributed by atoms with van der Waals surface area (Å²) in [5.41, 5.74) is 0.275. The smallest absolute Gasteiger partial charge is 0.540 e. The molecule has 1 aromatic carbocycles. The van der Waals surface area contributed by atoms with E-state index in [1.54, 1.807) is 12.3 Å². The molecule has 0 fully saturated rings. The van der Waals surface area contributed by atoms with Crippen LogP contribution in [0.1, 0.15) is 10.4 Å². The predicted molar refractivity (Wildman–Crippen MR) is 58.9 cm³/mol. The minimum Gasteiger partial charge on any atom is -0.540 e. The van der Waals surface area contributed by atoms with Gasteiger partial charge in [0.1, 0.15) is 5.97 Å². The third-order valence-electron chi connectivity index (χ3n) is 2.36. The molecule has 0 unspecified atom stereocenters. The van der Waals surface area contributed by atoms with Crippen LogP contribution in [0.15, 0.2) is 24.4 Å². The second kappa shape index (κ2) is 5.87. The van der Waals surface area contributed by atoms with Crippen LogP contribution in [-0.2, 0) is 9.59 Å². The number of H-pyrrole nitrogens is 1. The van der Waals surface area contributed by atoms with Crippen molar-refractivity contribution in [3.8, 4) is 0 Å². The van der Waals surface area contributed by atoms with E-state index in [9.17, 15) is 19.5 Å². The van der Waals surface area contributed by atoms with Gasteiger partial charge < -0.3 is 25.3 Å². The zero-order valence-corrected chi connectivity index (χ0v) is 11.9. The van der Waals surface area contributed by atoms with E-state index in [1.807, 2.05) is 5.32 Å². The molecule has 1 heterocycles. The first-order chi connectivity index (χ1) is 8.49. The van der Waals surface area contributed by atoms with E-state index in [0.29, 0.717) is 10.9 Å². The number of carbonyl (C=O) groups is 3. The maximum absolute atomic E-state index is 11.0. The largest absolute Gasteiger partial charge is 1.00 e. The first-order valence-electron chi connectivity index (χ1n) is 4.86. The Morgan fingerprint density at radius 1 is 1.26 bits per heavy atom. The topological polar surface area (TPSA) is 122 Å². The van der Waals surface area contributed by atoms with E-state index in [-0.39, 0.29) is 40.8 Å². The SMILES string of the molecule is O=C([O-])C(=O)Nc1cc2[nH]ccc2cc1C(=O)O.[Na+]. The number of aliphatic carboxylic acids is 1. The van der Waals surface area contributed by atoms with Crippen LogP contribution in [0, 0.1) is 0 Å². The average Bonchev–Trinajstić information content (AvgIpc) is 2.74. The van der Waals surface area contributed by atoms with Crippen LogP contribution < -0.4 is 40.0 Å². The Balaban J connectivity index is 0.00000180. The van der Waals surface area contributed by atoms with E-state index in [4.69, 9.17) is 5.11 Å². The number of fused-ring (bicyclic) bond motifs is 1. The van der Waals surface area contributed by atoms with E-state index in [2.05, 4.69) is 4.98 Å². The number of hydrogen-bond donors (Lipinski definition) is 3. The molecule has 8 heteroatoms. The number of carboxylic acids is 2. The molecule has 0 saturated heterocycles. The summed E-state index contributed by atoms with van der Waals surface area (Å²) < 4.78 is 0. The van der Waals surface area contributed by atoms with Gasteiger partial charge in [0.05, 0.1) is 11.3 Å². The molecule has 0 aliphatic rings. The number of carbonyl (C=O) groups excluding carboxylic acids is 2. The fourth-order valence-electron chi connectivity index (χ4n) is 1.55. The van der Waals surface area contributed by atoms with Gasteiger partial charge in [0.25, 0.3) is 5.91 Å². The zero-order chi connectivity index (χ0) is 13.3. The molecule has 0 bridgehead atoms. The minimum atomic E-state index is -1.93. The van der Waals surface area contributed by atoms with E-state index in [0.717, 1.165) is 0 Å². The van der Waals surface area contributed by atoms with Crippen molar-refractivity contribution >= 4 is 34.4 Å². The van der Waals surface area contributed by atoms with E-state index >= 15 is 0 Å². The van der Waals surface area contributed by atoms with Crippen molar-refractivity contribution in [2.24, 2.45) is 0 Å². The molecule has 92 valence electrons. The first kappa shape index (κ1) is 15.2. The molecule has 2 rings (SSSR count). The normalized spacial score (nSPS) is 9.68. The second-order valence-electron chi connectivity index (χ2n) is 3.51.